The van der Waals surface area contributed by atoms with E-state index in [1.54, 1.807) is 0 Å². The summed E-state index contributed by atoms with van der Waals surface area (Å²) in [7, 11) is 0. The van der Waals surface area contributed by atoms with E-state index in [1.165, 1.54) is 0 Å². The maximum atomic E-state index is 12.8. The molecule has 1 aromatic rings. The predicted molar refractivity (Wildman–Crippen MR) is 77.7 cm³/mol. The van der Waals surface area contributed by atoms with E-state index in [1.807, 2.05) is 37.3 Å². The first kappa shape index (κ1) is 14.4. The largest absolute Gasteiger partial charge is 0.446 e. The van der Waals surface area contributed by atoms with Gasteiger partial charge in [0.1, 0.15) is 18.7 Å². The molecule has 1 heterocycles. The Morgan fingerprint density at radius 3 is 2.73 bits per heavy atom. The Labute approximate surface area is 127 Å². The first-order chi connectivity index (χ1) is 10.6. The number of cyclic esters (lactones) is 1. The number of carbonyl (C=O) groups is 2. The fraction of sp³-hybridized carbons (Fsp3) is 0.467. The van der Waals surface area contributed by atoms with Crippen LogP contribution in [0.3, 0.4) is 0 Å². The van der Waals surface area contributed by atoms with Crippen molar-refractivity contribution in [2.75, 3.05) is 6.61 Å². The Hall–Kier alpha value is -2.53. The molecule has 1 aromatic carbocycles. The van der Waals surface area contributed by atoms with E-state index < -0.39 is 24.1 Å². The molecule has 7 heteroatoms. The third kappa shape index (κ3) is 2.40. The predicted octanol–water partition coefficient (Wildman–Crippen LogP) is 3.19. The number of hydrogen-bond donors (Lipinski definition) is 0. The second kappa shape index (κ2) is 5.35. The third-order valence-corrected chi connectivity index (χ3v) is 4.39. The monoisotopic (exact) mass is 300 g/mol. The van der Waals surface area contributed by atoms with E-state index in [4.69, 9.17) is 10.3 Å². The van der Waals surface area contributed by atoms with E-state index in [9.17, 15) is 9.59 Å². The van der Waals surface area contributed by atoms with Gasteiger partial charge in [-0.25, -0.2) is 9.69 Å². The van der Waals surface area contributed by atoms with Gasteiger partial charge < -0.3 is 4.74 Å². The molecule has 0 unspecified atom stereocenters. The lowest BCUT2D eigenvalue weighted by atomic mass is 9.97. The molecular formula is C15H16N4O3. The topological polar surface area (TPSA) is 95.4 Å². The van der Waals surface area contributed by atoms with Gasteiger partial charge in [-0.2, -0.15) is 0 Å². The Kier molecular flexibility index (Phi) is 3.50. The highest BCUT2D eigenvalue weighted by atomic mass is 16.6. The van der Waals surface area contributed by atoms with Gasteiger partial charge in [0.05, 0.1) is 0 Å². The number of carbonyl (C=O) groups excluding carboxylic acids is 2. The molecule has 0 N–H and O–H groups in total. The van der Waals surface area contributed by atoms with Crippen molar-refractivity contribution >= 4 is 12.0 Å². The van der Waals surface area contributed by atoms with Gasteiger partial charge >= 0.3 is 6.09 Å². The SMILES string of the molecule is CC1([C@H](N=[N+]=[N-])C(=O)N2C(=O)OC[C@H]2c2ccccc2)CC1. The van der Waals surface area contributed by atoms with Crippen molar-refractivity contribution in [2.45, 2.75) is 31.8 Å². The molecule has 2 amide bonds. The van der Waals surface area contributed by atoms with Gasteiger partial charge in [-0.3, -0.25) is 4.79 Å². The normalized spacial score (nSPS) is 23.4. The number of nitrogens with zero attached hydrogens (tertiary/aromatic N) is 4. The number of amides is 2. The second-order valence-electron chi connectivity index (χ2n) is 5.97. The zero-order valence-electron chi connectivity index (χ0n) is 12.2. The molecule has 7 nitrogen and oxygen atoms in total. The summed E-state index contributed by atoms with van der Waals surface area (Å²) >= 11 is 0. The van der Waals surface area contributed by atoms with Crippen molar-refractivity contribution in [3.63, 3.8) is 0 Å². The molecule has 114 valence electrons. The first-order valence-electron chi connectivity index (χ1n) is 7.16. The molecule has 1 saturated heterocycles. The van der Waals surface area contributed by atoms with Crippen LogP contribution in [0.15, 0.2) is 35.4 Å². The minimum absolute atomic E-state index is 0.119. The highest BCUT2D eigenvalue weighted by Gasteiger charge is 2.52. The Morgan fingerprint density at radius 1 is 1.45 bits per heavy atom. The number of ether oxygens (including phenoxy) is 1. The van der Waals surface area contributed by atoms with Crippen molar-refractivity contribution in [2.24, 2.45) is 10.5 Å². The zero-order valence-corrected chi connectivity index (χ0v) is 12.2. The Morgan fingerprint density at radius 2 is 2.14 bits per heavy atom. The maximum Gasteiger partial charge on any atom is 0.417 e. The van der Waals surface area contributed by atoms with E-state index >= 15 is 0 Å². The lowest BCUT2D eigenvalue weighted by Crippen LogP contribution is -2.43. The van der Waals surface area contributed by atoms with E-state index in [2.05, 4.69) is 10.0 Å². The molecule has 0 radical (unpaired) electrons. The summed E-state index contributed by atoms with van der Waals surface area (Å²) in [5, 5.41) is 3.65. The molecule has 1 aliphatic carbocycles. The van der Waals surface area contributed by atoms with Crippen LogP contribution in [0, 0.1) is 5.41 Å². The van der Waals surface area contributed by atoms with Crippen molar-refractivity contribution in [1.29, 1.82) is 0 Å². The van der Waals surface area contributed by atoms with Gasteiger partial charge in [-0.15, -0.1) is 0 Å². The van der Waals surface area contributed by atoms with Crippen LogP contribution in [-0.4, -0.2) is 29.5 Å². The molecular weight excluding hydrogens is 284 g/mol. The smallest absolute Gasteiger partial charge is 0.417 e. The van der Waals surface area contributed by atoms with Crippen LogP contribution in [0.2, 0.25) is 0 Å². The van der Waals surface area contributed by atoms with Crippen LogP contribution in [0.4, 0.5) is 4.79 Å². The molecule has 1 saturated carbocycles. The summed E-state index contributed by atoms with van der Waals surface area (Å²) in [5.41, 5.74) is 9.21. The summed E-state index contributed by atoms with van der Waals surface area (Å²) in [6.07, 6.45) is 0.934. The molecule has 2 aliphatic rings. The van der Waals surface area contributed by atoms with Gasteiger partial charge in [-0.1, -0.05) is 42.4 Å². The van der Waals surface area contributed by atoms with Crippen LogP contribution < -0.4 is 0 Å². The number of rotatable bonds is 4. The van der Waals surface area contributed by atoms with E-state index in [-0.39, 0.29) is 12.0 Å². The molecule has 1 aliphatic heterocycles. The quantitative estimate of drug-likeness (QED) is 0.485. The summed E-state index contributed by atoms with van der Waals surface area (Å²) < 4.78 is 5.05. The maximum absolute atomic E-state index is 12.8. The van der Waals surface area contributed by atoms with Crippen LogP contribution in [0.5, 0.6) is 0 Å². The zero-order chi connectivity index (χ0) is 15.7. The summed E-state index contributed by atoms with van der Waals surface area (Å²) in [5.74, 6) is -0.478. The third-order valence-electron chi connectivity index (χ3n) is 4.39. The Balaban J connectivity index is 1.91. The molecule has 22 heavy (non-hydrogen) atoms. The van der Waals surface area contributed by atoms with Crippen molar-refractivity contribution in [1.82, 2.24) is 4.90 Å². The fourth-order valence-electron chi connectivity index (χ4n) is 2.73. The van der Waals surface area contributed by atoms with Crippen LogP contribution in [-0.2, 0) is 9.53 Å². The molecule has 0 bridgehead atoms. The molecule has 3 rings (SSSR count). The second-order valence-corrected chi connectivity index (χ2v) is 5.97. The highest BCUT2D eigenvalue weighted by Crippen LogP contribution is 2.50. The van der Waals surface area contributed by atoms with E-state index in [0.29, 0.717) is 0 Å². The minimum atomic E-state index is -0.866. The van der Waals surface area contributed by atoms with Gasteiger partial charge in [0.25, 0.3) is 0 Å². The first-order valence-corrected chi connectivity index (χ1v) is 7.16. The Bertz CT molecular complexity index is 650. The molecule has 2 fully saturated rings. The average molecular weight is 300 g/mol. The summed E-state index contributed by atoms with van der Waals surface area (Å²) in [6.45, 7) is 2.01. The number of azide groups is 1. The lowest BCUT2D eigenvalue weighted by Gasteiger charge is -2.25. The van der Waals surface area contributed by atoms with Crippen LogP contribution in [0.1, 0.15) is 31.4 Å². The van der Waals surface area contributed by atoms with Gasteiger partial charge in [0.2, 0.25) is 5.91 Å². The van der Waals surface area contributed by atoms with Gasteiger partial charge in [0, 0.05) is 4.91 Å². The van der Waals surface area contributed by atoms with E-state index in [0.717, 1.165) is 23.3 Å². The summed E-state index contributed by atoms with van der Waals surface area (Å²) in [6, 6.07) is 7.89. The average Bonchev–Trinajstić information content (AvgIpc) is 3.15. The van der Waals surface area contributed by atoms with Crippen molar-refractivity contribution in [3.05, 3.63) is 46.3 Å². The standard InChI is InChI=1S/C15H16N4O3/c1-15(7-8-15)12(17-18-16)13(20)19-11(9-22-14(19)21)10-5-3-2-4-6-10/h2-6,11-12H,7-9H2,1H3/t11-,12+/m0/s1. The van der Waals surface area contributed by atoms with Crippen molar-refractivity contribution in [3.8, 4) is 0 Å². The van der Waals surface area contributed by atoms with Gasteiger partial charge in [0.15, 0.2) is 0 Å². The van der Waals surface area contributed by atoms with Crippen LogP contribution in [0.25, 0.3) is 10.4 Å². The number of hydrogen-bond acceptors (Lipinski definition) is 4. The molecule has 0 spiro atoms. The van der Waals surface area contributed by atoms with Gasteiger partial charge in [-0.05, 0) is 29.4 Å². The molecule has 2 atom stereocenters. The fourth-order valence-corrected chi connectivity index (χ4v) is 2.73. The summed E-state index contributed by atoms with van der Waals surface area (Å²) in [4.78, 5) is 28.7. The minimum Gasteiger partial charge on any atom is -0.446 e. The number of benzene rings is 1. The lowest BCUT2D eigenvalue weighted by molar-refractivity contribution is -0.132. The highest BCUT2D eigenvalue weighted by molar-refractivity contribution is 5.97. The van der Waals surface area contributed by atoms with Crippen molar-refractivity contribution < 1.29 is 14.3 Å². The van der Waals surface area contributed by atoms with Crippen LogP contribution >= 0.6 is 0 Å². The molecule has 0 aromatic heterocycles. The number of imide groups is 1.